The molecule has 0 saturated carbocycles. The van der Waals surface area contributed by atoms with Crippen LogP contribution in [0.25, 0.3) is 0 Å². The number of aromatic nitrogens is 2. The predicted molar refractivity (Wildman–Crippen MR) is 86.0 cm³/mol. The molecular weight excluding hydrogens is 312 g/mol. The molecule has 2 fully saturated rings. The van der Waals surface area contributed by atoms with Gasteiger partial charge >= 0.3 is 5.97 Å². The Balaban J connectivity index is 1.61. The summed E-state index contributed by atoms with van der Waals surface area (Å²) in [6, 6.07) is 0. The summed E-state index contributed by atoms with van der Waals surface area (Å²) in [4.78, 5) is 32.3. The van der Waals surface area contributed by atoms with Crippen molar-refractivity contribution in [3.63, 3.8) is 0 Å². The lowest BCUT2D eigenvalue weighted by Gasteiger charge is -2.40. The van der Waals surface area contributed by atoms with Gasteiger partial charge in [-0.2, -0.15) is 0 Å². The third-order valence-corrected chi connectivity index (χ3v) is 4.81. The number of ether oxygens (including phenoxy) is 1. The van der Waals surface area contributed by atoms with E-state index in [1.54, 1.807) is 0 Å². The van der Waals surface area contributed by atoms with E-state index in [0.29, 0.717) is 25.5 Å². The fourth-order valence-corrected chi connectivity index (χ4v) is 3.52. The Hall–Kier alpha value is -2.22. The molecule has 1 amide bonds. The van der Waals surface area contributed by atoms with E-state index < -0.39 is 5.97 Å². The Morgan fingerprint density at radius 2 is 2.17 bits per heavy atom. The lowest BCUT2D eigenvalue weighted by Crippen LogP contribution is -2.45. The Bertz CT molecular complexity index is 628. The quantitative estimate of drug-likeness (QED) is 0.840. The van der Waals surface area contributed by atoms with Crippen molar-refractivity contribution < 1.29 is 19.4 Å². The number of hydrogen-bond acceptors (Lipinski definition) is 6. The van der Waals surface area contributed by atoms with E-state index in [2.05, 4.69) is 15.3 Å². The van der Waals surface area contributed by atoms with Gasteiger partial charge in [0.25, 0.3) is 0 Å². The fraction of sp³-hybridized carbons (Fsp3) is 0.625. The van der Waals surface area contributed by atoms with Crippen LogP contribution in [0.2, 0.25) is 0 Å². The molecule has 1 aromatic heterocycles. The standard InChI is InChI=1S/C16H22N4O4/c1-11(21)18-8-12-2-3-16(24-12)4-6-20(7-5-16)14-13(15(22)23)9-17-10-19-14/h9-10,12H,2-8H2,1H3,(H,18,21)(H,22,23). The van der Waals surface area contributed by atoms with Gasteiger partial charge < -0.3 is 20.1 Å². The zero-order chi connectivity index (χ0) is 17.2. The molecule has 2 aliphatic heterocycles. The van der Waals surface area contributed by atoms with Crippen molar-refractivity contribution in [2.45, 2.75) is 44.3 Å². The van der Waals surface area contributed by atoms with Crippen LogP contribution in [0.15, 0.2) is 12.5 Å². The van der Waals surface area contributed by atoms with Crippen molar-refractivity contribution >= 4 is 17.7 Å². The smallest absolute Gasteiger partial charge is 0.341 e. The van der Waals surface area contributed by atoms with Crippen molar-refractivity contribution in [1.82, 2.24) is 15.3 Å². The lowest BCUT2D eigenvalue weighted by molar-refractivity contribution is -0.120. The number of anilines is 1. The second kappa shape index (κ2) is 6.72. The number of nitrogens with one attached hydrogen (secondary N) is 1. The Morgan fingerprint density at radius 1 is 1.42 bits per heavy atom. The molecule has 8 nitrogen and oxygen atoms in total. The number of carbonyl (C=O) groups is 2. The first kappa shape index (κ1) is 16.6. The summed E-state index contributed by atoms with van der Waals surface area (Å²) in [5.41, 5.74) is -0.0277. The van der Waals surface area contributed by atoms with Gasteiger partial charge in [0.1, 0.15) is 17.7 Å². The van der Waals surface area contributed by atoms with Crippen molar-refractivity contribution in [3.05, 3.63) is 18.1 Å². The summed E-state index contributed by atoms with van der Waals surface area (Å²) >= 11 is 0. The molecule has 2 N–H and O–H groups in total. The van der Waals surface area contributed by atoms with Crippen molar-refractivity contribution in [2.24, 2.45) is 0 Å². The topological polar surface area (TPSA) is 105 Å². The van der Waals surface area contributed by atoms with Gasteiger partial charge in [-0.15, -0.1) is 0 Å². The average molecular weight is 334 g/mol. The monoisotopic (exact) mass is 334 g/mol. The van der Waals surface area contributed by atoms with E-state index in [-0.39, 0.29) is 23.2 Å². The van der Waals surface area contributed by atoms with E-state index >= 15 is 0 Å². The molecule has 1 atom stereocenters. The highest BCUT2D eigenvalue weighted by Crippen LogP contribution is 2.39. The van der Waals surface area contributed by atoms with Gasteiger partial charge in [0, 0.05) is 32.8 Å². The number of rotatable bonds is 4. The summed E-state index contributed by atoms with van der Waals surface area (Å²) in [6.45, 7) is 3.45. The van der Waals surface area contributed by atoms with E-state index in [0.717, 1.165) is 25.7 Å². The summed E-state index contributed by atoms with van der Waals surface area (Å²) < 4.78 is 6.21. The fourth-order valence-electron chi connectivity index (χ4n) is 3.52. The van der Waals surface area contributed by atoms with Gasteiger partial charge in [-0.3, -0.25) is 4.79 Å². The molecule has 0 radical (unpaired) electrons. The highest BCUT2D eigenvalue weighted by atomic mass is 16.5. The molecule has 3 heterocycles. The molecule has 24 heavy (non-hydrogen) atoms. The maximum atomic E-state index is 11.3. The Labute approximate surface area is 140 Å². The predicted octanol–water partition coefficient (Wildman–Crippen LogP) is 0.829. The molecule has 2 saturated heterocycles. The first-order valence-electron chi connectivity index (χ1n) is 8.20. The molecule has 0 aromatic carbocycles. The van der Waals surface area contributed by atoms with Crippen LogP contribution >= 0.6 is 0 Å². The zero-order valence-electron chi connectivity index (χ0n) is 13.7. The molecule has 1 unspecified atom stereocenters. The van der Waals surface area contributed by atoms with E-state index in [9.17, 15) is 14.7 Å². The summed E-state index contributed by atoms with van der Waals surface area (Å²) in [7, 11) is 0. The molecule has 1 aromatic rings. The van der Waals surface area contributed by atoms with Crippen LogP contribution in [-0.4, -0.2) is 58.3 Å². The maximum Gasteiger partial charge on any atom is 0.341 e. The first-order valence-corrected chi connectivity index (χ1v) is 8.20. The van der Waals surface area contributed by atoms with Crippen molar-refractivity contribution in [3.8, 4) is 0 Å². The van der Waals surface area contributed by atoms with Gasteiger partial charge in [0.05, 0.1) is 11.7 Å². The summed E-state index contributed by atoms with van der Waals surface area (Å²) in [5.74, 6) is -0.585. The number of amides is 1. The largest absolute Gasteiger partial charge is 0.477 e. The van der Waals surface area contributed by atoms with Gasteiger partial charge in [-0.1, -0.05) is 0 Å². The van der Waals surface area contributed by atoms with Crippen LogP contribution in [0.5, 0.6) is 0 Å². The highest BCUT2D eigenvalue weighted by Gasteiger charge is 2.42. The zero-order valence-corrected chi connectivity index (χ0v) is 13.7. The van der Waals surface area contributed by atoms with Crippen LogP contribution in [0, 0.1) is 0 Å². The van der Waals surface area contributed by atoms with Crippen LogP contribution in [-0.2, 0) is 9.53 Å². The first-order chi connectivity index (χ1) is 11.5. The van der Waals surface area contributed by atoms with Crippen molar-refractivity contribution in [1.29, 1.82) is 0 Å². The second-order valence-corrected chi connectivity index (χ2v) is 6.45. The number of hydrogen-bond donors (Lipinski definition) is 2. The van der Waals surface area contributed by atoms with Crippen LogP contribution in [0.3, 0.4) is 0 Å². The third-order valence-electron chi connectivity index (χ3n) is 4.81. The normalized spacial score (nSPS) is 22.5. The van der Waals surface area contributed by atoms with E-state index in [4.69, 9.17) is 4.74 Å². The Kier molecular flexibility index (Phi) is 4.66. The molecule has 0 aliphatic carbocycles. The van der Waals surface area contributed by atoms with Crippen LogP contribution < -0.4 is 10.2 Å². The molecule has 3 rings (SSSR count). The third kappa shape index (κ3) is 3.48. The molecule has 1 spiro atoms. The minimum absolute atomic E-state index is 0.0423. The lowest BCUT2D eigenvalue weighted by atomic mass is 9.88. The maximum absolute atomic E-state index is 11.3. The second-order valence-electron chi connectivity index (χ2n) is 6.45. The number of aromatic carboxylic acids is 1. The summed E-state index contributed by atoms with van der Waals surface area (Å²) in [6.07, 6.45) is 6.34. The molecular formula is C16H22N4O4. The molecule has 2 aliphatic rings. The Morgan fingerprint density at radius 3 is 2.83 bits per heavy atom. The molecule has 8 heteroatoms. The molecule has 0 bridgehead atoms. The van der Waals surface area contributed by atoms with Gasteiger partial charge in [0.2, 0.25) is 5.91 Å². The molecule has 130 valence electrons. The SMILES string of the molecule is CC(=O)NCC1CCC2(CCN(c3ncncc3C(=O)O)CC2)O1. The number of carbonyl (C=O) groups excluding carboxylic acids is 1. The number of carboxylic acids is 1. The minimum atomic E-state index is -1.02. The van der Waals surface area contributed by atoms with Gasteiger partial charge in [-0.05, 0) is 25.7 Å². The number of piperidine rings is 1. The van der Waals surface area contributed by atoms with E-state index in [1.165, 1.54) is 19.4 Å². The average Bonchev–Trinajstić information content (AvgIpc) is 2.96. The van der Waals surface area contributed by atoms with E-state index in [1.807, 2.05) is 4.90 Å². The summed E-state index contributed by atoms with van der Waals surface area (Å²) in [5, 5.41) is 12.1. The van der Waals surface area contributed by atoms with Crippen molar-refractivity contribution in [2.75, 3.05) is 24.5 Å². The van der Waals surface area contributed by atoms with Gasteiger partial charge in [-0.25, -0.2) is 14.8 Å². The number of carboxylic acid groups (broad SMARTS) is 1. The highest BCUT2D eigenvalue weighted by molar-refractivity contribution is 5.92. The number of nitrogens with zero attached hydrogens (tertiary/aromatic N) is 3. The van der Waals surface area contributed by atoms with Crippen LogP contribution in [0.1, 0.15) is 43.0 Å². The van der Waals surface area contributed by atoms with Gasteiger partial charge in [0.15, 0.2) is 0 Å². The minimum Gasteiger partial charge on any atom is -0.477 e. The van der Waals surface area contributed by atoms with Crippen LogP contribution in [0.4, 0.5) is 5.82 Å².